The minimum atomic E-state index is -3.06. The molecule has 1 atom stereocenters. The van der Waals surface area contributed by atoms with Gasteiger partial charge in [-0.05, 0) is 23.8 Å². The van der Waals surface area contributed by atoms with Gasteiger partial charge in [-0.3, -0.25) is 9.69 Å². The maximum atomic E-state index is 13.3. The lowest BCUT2D eigenvalue weighted by molar-refractivity contribution is -0.121. The summed E-state index contributed by atoms with van der Waals surface area (Å²) >= 11 is 1.33. The van der Waals surface area contributed by atoms with Crippen LogP contribution in [0.5, 0.6) is 11.5 Å². The molecule has 1 unspecified atom stereocenters. The predicted molar refractivity (Wildman–Crippen MR) is 129 cm³/mol. The molecule has 1 saturated heterocycles. The van der Waals surface area contributed by atoms with Crippen molar-refractivity contribution in [2.45, 2.75) is 6.04 Å². The van der Waals surface area contributed by atoms with Gasteiger partial charge in [-0.15, -0.1) is 11.3 Å². The van der Waals surface area contributed by atoms with E-state index in [1.165, 1.54) is 11.3 Å². The van der Waals surface area contributed by atoms with Gasteiger partial charge in [-0.2, -0.15) is 0 Å². The summed E-state index contributed by atoms with van der Waals surface area (Å²) in [6.45, 7) is 0.619. The second-order valence-electron chi connectivity index (χ2n) is 7.60. The number of sulfone groups is 1. The number of carbonyl (C=O) groups excluding carboxylic acids is 1. The van der Waals surface area contributed by atoms with Crippen LogP contribution in [0.1, 0.15) is 11.6 Å². The average molecular weight is 488 g/mol. The lowest BCUT2D eigenvalue weighted by Crippen LogP contribution is -2.46. The first-order valence-electron chi connectivity index (χ1n) is 10.4. The fourth-order valence-corrected chi connectivity index (χ4v) is 5.73. The third kappa shape index (κ3) is 5.35. The summed E-state index contributed by atoms with van der Waals surface area (Å²) < 4.78 is 34.4. The molecule has 1 aromatic heterocycles. The Labute approximate surface area is 197 Å². The number of anilines is 1. The molecule has 0 spiro atoms. The van der Waals surface area contributed by atoms with Gasteiger partial charge in [0.1, 0.15) is 6.04 Å². The van der Waals surface area contributed by atoms with E-state index in [4.69, 9.17) is 9.47 Å². The number of amides is 1. The zero-order valence-corrected chi connectivity index (χ0v) is 20.0. The van der Waals surface area contributed by atoms with Gasteiger partial charge in [0.15, 0.2) is 26.5 Å². The normalized spacial score (nSPS) is 16.7. The number of benzene rings is 2. The Hall–Kier alpha value is -2.95. The molecule has 1 aliphatic heterocycles. The molecule has 174 valence electrons. The van der Waals surface area contributed by atoms with E-state index in [0.717, 1.165) is 11.1 Å². The van der Waals surface area contributed by atoms with Crippen molar-refractivity contribution in [3.63, 3.8) is 0 Å². The minimum Gasteiger partial charge on any atom is -0.493 e. The highest BCUT2D eigenvalue weighted by molar-refractivity contribution is 7.91. The molecular weight excluding hydrogens is 462 g/mol. The molecule has 4 rings (SSSR count). The molecule has 2 heterocycles. The first-order valence-corrected chi connectivity index (χ1v) is 13.1. The van der Waals surface area contributed by atoms with E-state index in [2.05, 4.69) is 10.3 Å². The Kier molecular flexibility index (Phi) is 6.96. The van der Waals surface area contributed by atoms with Gasteiger partial charge >= 0.3 is 0 Å². The highest BCUT2D eigenvalue weighted by atomic mass is 32.2. The molecule has 10 heteroatoms. The van der Waals surface area contributed by atoms with E-state index >= 15 is 0 Å². The van der Waals surface area contributed by atoms with Crippen LogP contribution in [0.4, 0.5) is 5.13 Å². The number of nitrogens with one attached hydrogen (secondary N) is 1. The smallest absolute Gasteiger partial charge is 0.248 e. The molecule has 1 N–H and O–H groups in total. The van der Waals surface area contributed by atoms with Gasteiger partial charge in [-0.1, -0.05) is 30.3 Å². The molecule has 8 nitrogen and oxygen atoms in total. The lowest BCUT2D eigenvalue weighted by Gasteiger charge is -2.33. The van der Waals surface area contributed by atoms with Crippen LogP contribution in [0.3, 0.4) is 0 Å². The Balaban J connectivity index is 1.55. The summed E-state index contributed by atoms with van der Waals surface area (Å²) in [5.41, 5.74) is 2.35. The van der Waals surface area contributed by atoms with Crippen molar-refractivity contribution < 1.29 is 22.7 Å². The van der Waals surface area contributed by atoms with E-state index in [1.807, 2.05) is 58.8 Å². The number of nitrogens with zero attached hydrogens (tertiary/aromatic N) is 2. The number of rotatable bonds is 7. The van der Waals surface area contributed by atoms with Gasteiger partial charge in [-0.25, -0.2) is 13.4 Å². The number of hydrogen-bond donors (Lipinski definition) is 1. The van der Waals surface area contributed by atoms with Crippen molar-refractivity contribution >= 4 is 32.2 Å². The van der Waals surface area contributed by atoms with E-state index in [1.54, 1.807) is 14.2 Å². The van der Waals surface area contributed by atoms with Crippen molar-refractivity contribution in [2.75, 3.05) is 44.1 Å². The number of carbonyl (C=O) groups is 1. The summed E-state index contributed by atoms with van der Waals surface area (Å²) in [6.07, 6.45) is 0. The fourth-order valence-electron chi connectivity index (χ4n) is 3.78. The van der Waals surface area contributed by atoms with Crippen molar-refractivity contribution in [3.8, 4) is 22.8 Å². The van der Waals surface area contributed by atoms with E-state index in [-0.39, 0.29) is 17.4 Å². The zero-order valence-electron chi connectivity index (χ0n) is 18.4. The quantitative estimate of drug-likeness (QED) is 0.546. The van der Waals surface area contributed by atoms with Crippen LogP contribution in [0, 0.1) is 0 Å². The molecule has 0 saturated carbocycles. The maximum absolute atomic E-state index is 13.3. The summed E-state index contributed by atoms with van der Waals surface area (Å²) in [7, 11) is 0.0946. The summed E-state index contributed by atoms with van der Waals surface area (Å²) in [5.74, 6) is 1.07. The molecule has 33 heavy (non-hydrogen) atoms. The Morgan fingerprint density at radius 2 is 1.76 bits per heavy atom. The summed E-state index contributed by atoms with van der Waals surface area (Å²) in [5, 5.41) is 5.25. The molecule has 1 aliphatic rings. The van der Waals surface area contributed by atoms with Gasteiger partial charge in [0, 0.05) is 24.0 Å². The minimum absolute atomic E-state index is 0.0459. The van der Waals surface area contributed by atoms with Gasteiger partial charge in [0.2, 0.25) is 5.91 Å². The number of aromatic nitrogens is 1. The van der Waals surface area contributed by atoms with Crippen molar-refractivity contribution in [1.82, 2.24) is 9.88 Å². The predicted octanol–water partition coefficient (Wildman–Crippen LogP) is 3.24. The third-order valence-electron chi connectivity index (χ3n) is 5.52. The monoisotopic (exact) mass is 487 g/mol. The zero-order chi connectivity index (χ0) is 23.4. The van der Waals surface area contributed by atoms with E-state index in [0.29, 0.717) is 35.4 Å². The van der Waals surface area contributed by atoms with E-state index < -0.39 is 15.9 Å². The lowest BCUT2D eigenvalue weighted by atomic mass is 10.0. The van der Waals surface area contributed by atoms with Crippen molar-refractivity contribution in [3.05, 3.63) is 59.5 Å². The molecule has 3 aromatic rings. The second-order valence-corrected chi connectivity index (χ2v) is 10.8. The van der Waals surface area contributed by atoms with E-state index in [9.17, 15) is 13.2 Å². The number of methoxy groups -OCH3 is 2. The highest BCUT2D eigenvalue weighted by Gasteiger charge is 2.32. The van der Waals surface area contributed by atoms with Crippen LogP contribution in [-0.2, 0) is 14.6 Å². The second kappa shape index (κ2) is 9.90. The molecule has 0 bridgehead atoms. The van der Waals surface area contributed by atoms with Crippen LogP contribution < -0.4 is 14.8 Å². The SMILES string of the molecule is COc1ccc(-c2csc(NC(=O)C(c3ccccc3)N3CCS(=O)(=O)CC3)n2)cc1OC. The van der Waals surface area contributed by atoms with Gasteiger partial charge < -0.3 is 14.8 Å². The molecule has 0 aliphatic carbocycles. The maximum Gasteiger partial charge on any atom is 0.248 e. The molecule has 0 radical (unpaired) electrons. The Morgan fingerprint density at radius 1 is 1.06 bits per heavy atom. The Morgan fingerprint density at radius 3 is 2.42 bits per heavy atom. The third-order valence-corrected chi connectivity index (χ3v) is 7.89. The fraction of sp³-hybridized carbons (Fsp3) is 0.304. The van der Waals surface area contributed by atoms with Crippen LogP contribution in [-0.4, -0.2) is 63.0 Å². The topological polar surface area (TPSA) is 97.8 Å². The first kappa shape index (κ1) is 23.2. The number of hydrogen-bond acceptors (Lipinski definition) is 8. The molecule has 2 aromatic carbocycles. The average Bonchev–Trinajstić information content (AvgIpc) is 3.29. The number of ether oxygens (including phenoxy) is 2. The van der Waals surface area contributed by atoms with Gasteiger partial charge in [0.25, 0.3) is 0 Å². The van der Waals surface area contributed by atoms with Crippen LogP contribution in [0.25, 0.3) is 11.3 Å². The number of thiazole rings is 1. The van der Waals surface area contributed by atoms with Crippen LogP contribution in [0.15, 0.2) is 53.9 Å². The molecular formula is C23H25N3O5S2. The van der Waals surface area contributed by atoms with Crippen molar-refractivity contribution in [1.29, 1.82) is 0 Å². The summed E-state index contributed by atoms with van der Waals surface area (Å²) in [6, 6.07) is 14.3. The Bertz CT molecular complexity index is 1210. The summed E-state index contributed by atoms with van der Waals surface area (Å²) in [4.78, 5) is 19.8. The highest BCUT2D eigenvalue weighted by Crippen LogP contribution is 2.34. The van der Waals surface area contributed by atoms with Crippen molar-refractivity contribution in [2.24, 2.45) is 0 Å². The van der Waals surface area contributed by atoms with Crippen LogP contribution >= 0.6 is 11.3 Å². The largest absolute Gasteiger partial charge is 0.493 e. The first-order chi connectivity index (χ1) is 15.9. The molecule has 1 fully saturated rings. The van der Waals surface area contributed by atoms with Crippen LogP contribution in [0.2, 0.25) is 0 Å². The van der Waals surface area contributed by atoms with Gasteiger partial charge in [0.05, 0.1) is 31.4 Å². The molecule has 1 amide bonds. The standard InChI is InChI=1S/C23H25N3O5S2/c1-30-19-9-8-17(14-20(19)31-2)18-15-32-23(24-18)25-22(27)21(16-6-4-3-5-7-16)26-10-12-33(28,29)13-11-26/h3-9,14-15,21H,10-13H2,1-2H3,(H,24,25,27).